The summed E-state index contributed by atoms with van der Waals surface area (Å²) in [5.74, 6) is 1.10. The Hall–Kier alpha value is -2.35. The summed E-state index contributed by atoms with van der Waals surface area (Å²) in [6.45, 7) is 8.17. The highest BCUT2D eigenvalue weighted by atomic mass is 16.2. The van der Waals surface area contributed by atoms with Gasteiger partial charge >= 0.3 is 0 Å². The molecular formula is C24H29NO. The van der Waals surface area contributed by atoms with Crippen molar-refractivity contribution in [3.05, 3.63) is 76.9 Å². The Bertz CT molecular complexity index is 756. The summed E-state index contributed by atoms with van der Waals surface area (Å²) >= 11 is 0. The van der Waals surface area contributed by atoms with Gasteiger partial charge in [0, 0.05) is 25.1 Å². The van der Waals surface area contributed by atoms with Crippen LogP contribution in [0.5, 0.6) is 0 Å². The van der Waals surface area contributed by atoms with E-state index in [1.165, 1.54) is 16.7 Å². The number of rotatable bonds is 4. The molecule has 0 radical (unpaired) electrons. The number of carbonyl (C=O) groups is 1. The first-order valence-electron chi connectivity index (χ1n) is 9.66. The highest BCUT2D eigenvalue weighted by molar-refractivity contribution is 5.91. The maximum atomic E-state index is 12.6. The molecule has 2 heteroatoms. The third kappa shape index (κ3) is 4.63. The fraction of sp³-hybridized carbons (Fsp3) is 0.375. The Morgan fingerprint density at radius 1 is 1.08 bits per heavy atom. The molecule has 2 nitrogen and oxygen atoms in total. The fourth-order valence-electron chi connectivity index (χ4n) is 3.55. The van der Waals surface area contributed by atoms with Gasteiger partial charge in [0.15, 0.2) is 0 Å². The minimum absolute atomic E-state index is 0.120. The molecule has 3 rings (SSSR count). The predicted octanol–water partition coefficient (Wildman–Crippen LogP) is 5.54. The van der Waals surface area contributed by atoms with Crippen molar-refractivity contribution in [2.75, 3.05) is 13.1 Å². The molecule has 0 spiro atoms. The van der Waals surface area contributed by atoms with Crippen LogP contribution in [0.2, 0.25) is 0 Å². The summed E-state index contributed by atoms with van der Waals surface area (Å²) in [6.07, 6.45) is 5.89. The van der Waals surface area contributed by atoms with E-state index in [1.54, 1.807) is 6.08 Å². The Kier molecular flexibility index (Phi) is 5.92. The molecule has 1 atom stereocenters. The Morgan fingerprint density at radius 3 is 2.42 bits per heavy atom. The van der Waals surface area contributed by atoms with E-state index in [2.05, 4.69) is 69.3 Å². The third-order valence-electron chi connectivity index (χ3n) is 5.30. The van der Waals surface area contributed by atoms with Crippen molar-refractivity contribution >= 4 is 12.0 Å². The lowest BCUT2D eigenvalue weighted by Crippen LogP contribution is -2.38. The molecular weight excluding hydrogens is 318 g/mol. The fourth-order valence-corrected chi connectivity index (χ4v) is 3.55. The molecule has 1 aliphatic heterocycles. The molecule has 1 unspecified atom stereocenters. The number of nitrogens with zero attached hydrogens (tertiary/aromatic N) is 1. The summed E-state index contributed by atoms with van der Waals surface area (Å²) < 4.78 is 0. The van der Waals surface area contributed by atoms with E-state index in [9.17, 15) is 4.79 Å². The van der Waals surface area contributed by atoms with E-state index in [-0.39, 0.29) is 5.91 Å². The van der Waals surface area contributed by atoms with Gasteiger partial charge in [0.1, 0.15) is 0 Å². The molecule has 1 fully saturated rings. The van der Waals surface area contributed by atoms with Gasteiger partial charge < -0.3 is 4.90 Å². The number of benzene rings is 2. The number of aryl methyl sites for hydroxylation is 1. The van der Waals surface area contributed by atoms with E-state index < -0.39 is 0 Å². The first kappa shape index (κ1) is 18.4. The van der Waals surface area contributed by atoms with Gasteiger partial charge in [-0.15, -0.1) is 0 Å². The lowest BCUT2D eigenvalue weighted by atomic mass is 9.90. The monoisotopic (exact) mass is 347 g/mol. The first-order valence-corrected chi connectivity index (χ1v) is 9.66. The molecule has 2 aromatic carbocycles. The molecule has 2 aromatic rings. The number of hydrogen-bond acceptors (Lipinski definition) is 1. The van der Waals surface area contributed by atoms with Crippen LogP contribution in [0.25, 0.3) is 6.08 Å². The summed E-state index contributed by atoms with van der Waals surface area (Å²) in [6, 6.07) is 17.2. The van der Waals surface area contributed by atoms with E-state index in [1.807, 2.05) is 11.0 Å². The predicted molar refractivity (Wildman–Crippen MR) is 109 cm³/mol. The lowest BCUT2D eigenvalue weighted by Gasteiger charge is -2.32. The summed E-state index contributed by atoms with van der Waals surface area (Å²) in [5.41, 5.74) is 5.03. The second-order valence-corrected chi connectivity index (χ2v) is 7.69. The van der Waals surface area contributed by atoms with Crippen LogP contribution < -0.4 is 0 Å². The summed E-state index contributed by atoms with van der Waals surface area (Å²) in [5, 5.41) is 0. The standard InChI is InChI=1S/C24H29NO/c1-18(2)21-13-8-20(9-14-21)10-15-24(26)25-16-4-5-23(17-25)22-11-6-19(3)7-12-22/h6-15,18,23H,4-5,16-17H2,1-3H3. The van der Waals surface area contributed by atoms with Crippen molar-refractivity contribution in [2.45, 2.75) is 45.4 Å². The van der Waals surface area contributed by atoms with Gasteiger partial charge in [0.05, 0.1) is 0 Å². The molecule has 0 saturated carbocycles. The maximum absolute atomic E-state index is 12.6. The summed E-state index contributed by atoms with van der Waals surface area (Å²) in [4.78, 5) is 14.6. The highest BCUT2D eigenvalue weighted by Crippen LogP contribution is 2.27. The zero-order valence-corrected chi connectivity index (χ0v) is 16.1. The van der Waals surface area contributed by atoms with Gasteiger partial charge in [-0.2, -0.15) is 0 Å². The second kappa shape index (κ2) is 8.35. The number of likely N-dealkylation sites (tertiary alicyclic amines) is 1. The van der Waals surface area contributed by atoms with Gasteiger partial charge in [-0.25, -0.2) is 0 Å². The lowest BCUT2D eigenvalue weighted by molar-refractivity contribution is -0.127. The quantitative estimate of drug-likeness (QED) is 0.665. The van der Waals surface area contributed by atoms with Crippen LogP contribution in [0.3, 0.4) is 0 Å². The van der Waals surface area contributed by atoms with Crippen molar-refractivity contribution in [1.29, 1.82) is 0 Å². The normalized spacial score (nSPS) is 17.8. The molecule has 1 amide bonds. The van der Waals surface area contributed by atoms with Crippen molar-refractivity contribution in [3.63, 3.8) is 0 Å². The Morgan fingerprint density at radius 2 is 1.77 bits per heavy atom. The number of hydrogen-bond donors (Lipinski definition) is 0. The topological polar surface area (TPSA) is 20.3 Å². The van der Waals surface area contributed by atoms with Gasteiger partial charge in [-0.3, -0.25) is 4.79 Å². The minimum Gasteiger partial charge on any atom is -0.339 e. The third-order valence-corrected chi connectivity index (χ3v) is 5.30. The van der Waals surface area contributed by atoms with Crippen LogP contribution in [0.4, 0.5) is 0 Å². The molecule has 136 valence electrons. The molecule has 0 aromatic heterocycles. The van der Waals surface area contributed by atoms with Gasteiger partial charge in [-0.05, 0) is 48.4 Å². The van der Waals surface area contributed by atoms with E-state index in [0.29, 0.717) is 11.8 Å². The van der Waals surface area contributed by atoms with Crippen molar-refractivity contribution < 1.29 is 4.79 Å². The summed E-state index contributed by atoms with van der Waals surface area (Å²) in [7, 11) is 0. The molecule has 1 aliphatic rings. The smallest absolute Gasteiger partial charge is 0.246 e. The van der Waals surface area contributed by atoms with E-state index in [4.69, 9.17) is 0 Å². The zero-order chi connectivity index (χ0) is 18.5. The molecule has 0 aliphatic carbocycles. The van der Waals surface area contributed by atoms with E-state index >= 15 is 0 Å². The van der Waals surface area contributed by atoms with Crippen molar-refractivity contribution in [2.24, 2.45) is 0 Å². The van der Waals surface area contributed by atoms with E-state index in [0.717, 1.165) is 31.5 Å². The second-order valence-electron chi connectivity index (χ2n) is 7.69. The molecule has 1 saturated heterocycles. The van der Waals surface area contributed by atoms with Crippen LogP contribution >= 0.6 is 0 Å². The van der Waals surface area contributed by atoms with Gasteiger partial charge in [-0.1, -0.05) is 67.9 Å². The average Bonchev–Trinajstić information content (AvgIpc) is 2.67. The Balaban J connectivity index is 1.62. The van der Waals surface area contributed by atoms with Gasteiger partial charge in [0.25, 0.3) is 0 Å². The van der Waals surface area contributed by atoms with Crippen molar-refractivity contribution in [1.82, 2.24) is 4.90 Å². The maximum Gasteiger partial charge on any atom is 0.246 e. The van der Waals surface area contributed by atoms with Crippen LogP contribution in [0, 0.1) is 6.92 Å². The van der Waals surface area contributed by atoms with Crippen LogP contribution in [0.1, 0.15) is 60.8 Å². The molecule has 1 heterocycles. The number of carbonyl (C=O) groups excluding carboxylic acids is 1. The number of piperidine rings is 1. The van der Waals surface area contributed by atoms with Crippen LogP contribution in [-0.4, -0.2) is 23.9 Å². The number of amides is 1. The van der Waals surface area contributed by atoms with Crippen LogP contribution in [0.15, 0.2) is 54.6 Å². The molecule has 0 N–H and O–H groups in total. The minimum atomic E-state index is 0.120. The van der Waals surface area contributed by atoms with Crippen LogP contribution in [-0.2, 0) is 4.79 Å². The molecule has 0 bridgehead atoms. The van der Waals surface area contributed by atoms with Gasteiger partial charge in [0.2, 0.25) is 5.91 Å². The first-order chi connectivity index (χ1) is 12.5. The highest BCUT2D eigenvalue weighted by Gasteiger charge is 2.23. The SMILES string of the molecule is Cc1ccc(C2CCCN(C(=O)C=Cc3ccc(C(C)C)cc3)C2)cc1. The zero-order valence-electron chi connectivity index (χ0n) is 16.1. The largest absolute Gasteiger partial charge is 0.339 e. The molecule has 26 heavy (non-hydrogen) atoms. The Labute approximate surface area is 157 Å². The average molecular weight is 348 g/mol. The van der Waals surface area contributed by atoms with Crippen molar-refractivity contribution in [3.8, 4) is 0 Å².